The molecule has 0 unspecified atom stereocenters. The quantitative estimate of drug-likeness (QED) is 0.596. The van der Waals surface area contributed by atoms with Crippen molar-refractivity contribution in [2.45, 2.75) is 0 Å². The Hall–Kier alpha value is -1.67. The molecule has 0 aliphatic carbocycles. The maximum Gasteiger partial charge on any atom is 0.0450 e. The van der Waals surface area contributed by atoms with Crippen molar-refractivity contribution in [1.29, 1.82) is 0 Å². The van der Waals surface area contributed by atoms with Crippen molar-refractivity contribution in [2.75, 3.05) is 0 Å². The van der Waals surface area contributed by atoms with Crippen LogP contribution in [-0.4, -0.2) is 4.98 Å². The number of nitrogens with zero attached hydrogens (tertiary/aromatic N) is 1. The third-order valence-electron chi connectivity index (χ3n) is 2.27. The molecule has 0 amide bonds. The summed E-state index contributed by atoms with van der Waals surface area (Å²) >= 11 is 1.75. The number of benzene rings is 1. The van der Waals surface area contributed by atoms with Crippen molar-refractivity contribution in [3.63, 3.8) is 0 Å². The Morgan fingerprint density at radius 3 is 2.80 bits per heavy atom. The van der Waals surface area contributed by atoms with Crippen LogP contribution in [0.1, 0.15) is 0 Å². The Balaban J connectivity index is 2.21. The number of aromatic nitrogens is 1. The van der Waals surface area contributed by atoms with Gasteiger partial charge in [-0.25, -0.2) is 0 Å². The largest absolute Gasteiger partial charge is 0.264 e. The van der Waals surface area contributed by atoms with Crippen LogP contribution in [0.3, 0.4) is 0 Å². The van der Waals surface area contributed by atoms with Crippen LogP contribution in [0, 0.1) is 6.07 Å². The molecule has 0 atom stereocenters. The van der Waals surface area contributed by atoms with Crippen molar-refractivity contribution in [3.05, 3.63) is 54.9 Å². The summed E-state index contributed by atoms with van der Waals surface area (Å²) in [4.78, 5) is 5.27. The zero-order chi connectivity index (χ0) is 10.1. The van der Waals surface area contributed by atoms with E-state index in [0.29, 0.717) is 0 Å². The SMILES string of the molecule is [c]1c(-c2cccnc2)sc2ccccc12. The number of fused-ring (bicyclic) bond motifs is 1. The lowest BCUT2D eigenvalue weighted by atomic mass is 10.2. The zero-order valence-electron chi connectivity index (χ0n) is 7.97. The average Bonchev–Trinajstić information content (AvgIpc) is 2.74. The summed E-state index contributed by atoms with van der Waals surface area (Å²) in [5, 5.41) is 1.18. The molecule has 3 aromatic rings. The summed E-state index contributed by atoms with van der Waals surface area (Å²) in [6.45, 7) is 0. The van der Waals surface area contributed by atoms with Gasteiger partial charge in [-0.15, -0.1) is 11.3 Å². The molecule has 0 bridgehead atoms. The smallest absolute Gasteiger partial charge is 0.0450 e. The van der Waals surface area contributed by atoms with E-state index < -0.39 is 0 Å². The van der Waals surface area contributed by atoms with E-state index in [-0.39, 0.29) is 0 Å². The summed E-state index contributed by atoms with van der Waals surface area (Å²) in [6.07, 6.45) is 3.66. The van der Waals surface area contributed by atoms with Crippen molar-refractivity contribution in [2.24, 2.45) is 0 Å². The van der Waals surface area contributed by atoms with Crippen molar-refractivity contribution >= 4 is 21.4 Å². The van der Waals surface area contributed by atoms with Gasteiger partial charge in [0, 0.05) is 39.0 Å². The first kappa shape index (κ1) is 8.62. The maximum atomic E-state index is 4.12. The number of thiophene rings is 1. The molecule has 0 fully saturated rings. The molecule has 2 heterocycles. The molecule has 0 aliphatic rings. The van der Waals surface area contributed by atoms with Crippen LogP contribution in [0.15, 0.2) is 48.8 Å². The lowest BCUT2D eigenvalue weighted by Gasteiger charge is -1.92. The minimum absolute atomic E-state index is 1.14. The van der Waals surface area contributed by atoms with Crippen LogP contribution in [-0.2, 0) is 0 Å². The highest BCUT2D eigenvalue weighted by molar-refractivity contribution is 7.22. The third-order valence-corrected chi connectivity index (χ3v) is 3.39. The Morgan fingerprint density at radius 2 is 2.00 bits per heavy atom. The van der Waals surface area contributed by atoms with E-state index in [0.717, 1.165) is 10.4 Å². The van der Waals surface area contributed by atoms with Gasteiger partial charge in [0.2, 0.25) is 0 Å². The first-order valence-corrected chi connectivity index (χ1v) is 5.56. The first-order valence-electron chi connectivity index (χ1n) is 4.75. The van der Waals surface area contributed by atoms with Crippen molar-refractivity contribution in [1.82, 2.24) is 4.98 Å². The second-order valence-corrected chi connectivity index (χ2v) is 4.35. The van der Waals surface area contributed by atoms with Gasteiger partial charge in [-0.05, 0) is 12.1 Å². The van der Waals surface area contributed by atoms with E-state index >= 15 is 0 Å². The van der Waals surface area contributed by atoms with Gasteiger partial charge >= 0.3 is 0 Å². The molecule has 0 saturated carbocycles. The molecule has 15 heavy (non-hydrogen) atoms. The van der Waals surface area contributed by atoms with Crippen LogP contribution < -0.4 is 0 Å². The van der Waals surface area contributed by atoms with E-state index in [4.69, 9.17) is 0 Å². The molecule has 71 valence electrons. The maximum absolute atomic E-state index is 4.12. The highest BCUT2D eigenvalue weighted by atomic mass is 32.1. The fourth-order valence-corrected chi connectivity index (χ4v) is 2.54. The normalized spacial score (nSPS) is 10.7. The van der Waals surface area contributed by atoms with Crippen LogP contribution in [0.25, 0.3) is 20.5 Å². The Bertz CT molecular complexity index is 551. The molecule has 0 N–H and O–H groups in total. The molecule has 0 aliphatic heterocycles. The van der Waals surface area contributed by atoms with E-state index in [9.17, 15) is 0 Å². The van der Waals surface area contributed by atoms with E-state index in [1.54, 1.807) is 17.5 Å². The number of rotatable bonds is 1. The molecule has 2 heteroatoms. The van der Waals surface area contributed by atoms with Gasteiger partial charge in [-0.3, -0.25) is 4.98 Å². The second-order valence-electron chi connectivity index (χ2n) is 3.29. The summed E-state index contributed by atoms with van der Waals surface area (Å²) in [5.74, 6) is 0. The summed E-state index contributed by atoms with van der Waals surface area (Å²) in [6, 6.07) is 15.7. The minimum atomic E-state index is 1.14. The Morgan fingerprint density at radius 1 is 1.07 bits per heavy atom. The molecular formula is C13H8NS. The summed E-state index contributed by atoms with van der Waals surface area (Å²) in [7, 11) is 0. The number of hydrogen-bond acceptors (Lipinski definition) is 2. The van der Waals surface area contributed by atoms with Crippen LogP contribution in [0.4, 0.5) is 0 Å². The van der Waals surface area contributed by atoms with E-state index in [1.807, 2.05) is 18.3 Å². The monoisotopic (exact) mass is 210 g/mol. The number of hydrogen-bond donors (Lipinski definition) is 0. The second kappa shape index (κ2) is 3.48. The third kappa shape index (κ3) is 1.53. The molecular weight excluding hydrogens is 202 g/mol. The van der Waals surface area contributed by atoms with Crippen LogP contribution in [0.5, 0.6) is 0 Å². The average molecular weight is 210 g/mol. The van der Waals surface area contributed by atoms with Gasteiger partial charge in [0.1, 0.15) is 0 Å². The molecule has 0 saturated heterocycles. The lowest BCUT2D eigenvalue weighted by molar-refractivity contribution is 1.33. The number of pyridine rings is 1. The lowest BCUT2D eigenvalue weighted by Crippen LogP contribution is -1.72. The van der Waals surface area contributed by atoms with Gasteiger partial charge in [-0.1, -0.05) is 24.3 Å². The highest BCUT2D eigenvalue weighted by Crippen LogP contribution is 2.31. The van der Waals surface area contributed by atoms with Gasteiger partial charge in [0.25, 0.3) is 0 Å². The van der Waals surface area contributed by atoms with Gasteiger partial charge in [0.05, 0.1) is 0 Å². The molecule has 2 aromatic heterocycles. The summed E-state index contributed by atoms with van der Waals surface area (Å²) < 4.78 is 1.27. The van der Waals surface area contributed by atoms with Crippen LogP contribution >= 0.6 is 11.3 Å². The molecule has 0 spiro atoms. The standard InChI is InChI=1S/C13H8NS/c1-2-6-12-10(4-1)8-13(15-12)11-5-3-7-14-9-11/h1-7,9H. The fraction of sp³-hybridized carbons (Fsp3) is 0. The Kier molecular flexibility index (Phi) is 2.00. The molecule has 1 nitrogen and oxygen atoms in total. The zero-order valence-corrected chi connectivity index (χ0v) is 8.79. The predicted molar refractivity (Wildman–Crippen MR) is 63.9 cm³/mol. The minimum Gasteiger partial charge on any atom is -0.264 e. The fourth-order valence-electron chi connectivity index (χ4n) is 1.54. The van der Waals surface area contributed by atoms with Crippen molar-refractivity contribution < 1.29 is 0 Å². The van der Waals surface area contributed by atoms with Gasteiger partial charge < -0.3 is 0 Å². The van der Waals surface area contributed by atoms with Crippen molar-refractivity contribution in [3.8, 4) is 10.4 Å². The highest BCUT2D eigenvalue weighted by Gasteiger charge is 2.03. The van der Waals surface area contributed by atoms with Crippen LogP contribution in [0.2, 0.25) is 0 Å². The Labute approximate surface area is 92.0 Å². The summed E-state index contributed by atoms with van der Waals surface area (Å²) in [5.41, 5.74) is 1.14. The van der Waals surface area contributed by atoms with E-state index in [1.165, 1.54) is 10.1 Å². The predicted octanol–water partition coefficient (Wildman–Crippen LogP) is 3.76. The van der Waals surface area contributed by atoms with Gasteiger partial charge in [-0.2, -0.15) is 0 Å². The van der Waals surface area contributed by atoms with E-state index in [2.05, 4.69) is 35.3 Å². The van der Waals surface area contributed by atoms with Gasteiger partial charge in [0.15, 0.2) is 0 Å². The first-order chi connectivity index (χ1) is 7.43. The molecule has 3 rings (SSSR count). The topological polar surface area (TPSA) is 12.9 Å². The molecule has 1 aromatic carbocycles. The molecule has 1 radical (unpaired) electrons.